The highest BCUT2D eigenvalue weighted by Crippen LogP contribution is 2.27. The standard InChI is InChI=1S/C15H15ClN2OS/c1-9-7-10(2)14(11(16)8-9)18-15(19)17-12-5-3-4-6-13(12)20/h3-8,20H,1-2H3,(H2,17,18,19). The van der Waals surface area contributed by atoms with Gasteiger partial charge in [0.15, 0.2) is 0 Å². The fourth-order valence-electron chi connectivity index (χ4n) is 1.92. The molecule has 0 atom stereocenters. The van der Waals surface area contributed by atoms with E-state index < -0.39 is 0 Å². The molecule has 0 spiro atoms. The summed E-state index contributed by atoms with van der Waals surface area (Å²) in [5, 5.41) is 6.03. The molecule has 0 bridgehead atoms. The van der Waals surface area contributed by atoms with Gasteiger partial charge in [0.1, 0.15) is 0 Å². The Bertz CT molecular complexity index is 635. The summed E-state index contributed by atoms with van der Waals surface area (Å²) in [5.41, 5.74) is 3.24. The Morgan fingerprint density at radius 3 is 2.50 bits per heavy atom. The number of carbonyl (C=O) groups excluding carboxylic acids is 1. The number of carbonyl (C=O) groups is 1. The number of thiol groups is 1. The topological polar surface area (TPSA) is 41.1 Å². The lowest BCUT2D eigenvalue weighted by atomic mass is 10.1. The second-order valence-corrected chi connectivity index (χ2v) is 5.42. The Labute approximate surface area is 128 Å². The minimum Gasteiger partial charge on any atom is -0.307 e. The highest BCUT2D eigenvalue weighted by molar-refractivity contribution is 7.80. The van der Waals surface area contributed by atoms with E-state index in [9.17, 15) is 4.79 Å². The smallest absolute Gasteiger partial charge is 0.307 e. The third kappa shape index (κ3) is 3.46. The van der Waals surface area contributed by atoms with Gasteiger partial charge in [0.25, 0.3) is 0 Å². The lowest BCUT2D eigenvalue weighted by Gasteiger charge is -2.13. The van der Waals surface area contributed by atoms with E-state index in [1.54, 1.807) is 6.07 Å². The first kappa shape index (κ1) is 14.8. The molecule has 2 aromatic carbocycles. The molecule has 20 heavy (non-hydrogen) atoms. The third-order valence-electron chi connectivity index (χ3n) is 2.82. The van der Waals surface area contributed by atoms with E-state index in [1.165, 1.54) is 0 Å². The molecule has 0 aliphatic rings. The number of halogens is 1. The number of aryl methyl sites for hydroxylation is 2. The zero-order chi connectivity index (χ0) is 14.7. The molecule has 104 valence electrons. The van der Waals surface area contributed by atoms with E-state index in [0.29, 0.717) is 21.3 Å². The summed E-state index contributed by atoms with van der Waals surface area (Å²) < 4.78 is 0. The van der Waals surface area contributed by atoms with Crippen LogP contribution in [0.3, 0.4) is 0 Å². The first-order chi connectivity index (χ1) is 9.47. The van der Waals surface area contributed by atoms with Crippen molar-refractivity contribution in [1.82, 2.24) is 0 Å². The maximum Gasteiger partial charge on any atom is 0.323 e. The first-order valence-corrected chi connectivity index (χ1v) is 6.92. The number of nitrogens with one attached hydrogen (secondary N) is 2. The lowest BCUT2D eigenvalue weighted by Crippen LogP contribution is -2.20. The Balaban J connectivity index is 2.15. The van der Waals surface area contributed by atoms with Crippen LogP contribution >= 0.6 is 24.2 Å². The van der Waals surface area contributed by atoms with Gasteiger partial charge in [-0.3, -0.25) is 0 Å². The first-order valence-electron chi connectivity index (χ1n) is 6.10. The van der Waals surface area contributed by atoms with E-state index in [1.807, 2.05) is 44.2 Å². The van der Waals surface area contributed by atoms with Crippen molar-refractivity contribution in [3.8, 4) is 0 Å². The fraction of sp³-hybridized carbons (Fsp3) is 0.133. The van der Waals surface area contributed by atoms with Gasteiger partial charge < -0.3 is 10.6 Å². The number of anilines is 2. The average molecular weight is 307 g/mol. The van der Waals surface area contributed by atoms with Crippen LogP contribution in [0.5, 0.6) is 0 Å². The molecule has 0 aliphatic heterocycles. The molecular formula is C15H15ClN2OS. The summed E-state index contributed by atoms with van der Waals surface area (Å²) >= 11 is 10.4. The summed E-state index contributed by atoms with van der Waals surface area (Å²) in [6.45, 7) is 3.86. The van der Waals surface area contributed by atoms with Crippen molar-refractivity contribution in [3.05, 3.63) is 52.5 Å². The van der Waals surface area contributed by atoms with Gasteiger partial charge in [-0.1, -0.05) is 29.8 Å². The van der Waals surface area contributed by atoms with Crippen LogP contribution in [-0.4, -0.2) is 6.03 Å². The number of benzene rings is 2. The molecule has 0 radical (unpaired) electrons. The van der Waals surface area contributed by atoms with Crippen molar-refractivity contribution in [2.75, 3.05) is 10.6 Å². The molecule has 2 amide bonds. The van der Waals surface area contributed by atoms with Crippen molar-refractivity contribution >= 4 is 41.6 Å². The molecule has 2 aromatic rings. The van der Waals surface area contributed by atoms with Crippen molar-refractivity contribution in [3.63, 3.8) is 0 Å². The van der Waals surface area contributed by atoms with Crippen LogP contribution in [0.2, 0.25) is 5.02 Å². The highest BCUT2D eigenvalue weighted by Gasteiger charge is 2.10. The number of hydrogen-bond acceptors (Lipinski definition) is 2. The van der Waals surface area contributed by atoms with Gasteiger partial charge in [0.2, 0.25) is 0 Å². The molecule has 0 saturated carbocycles. The monoisotopic (exact) mass is 306 g/mol. The molecule has 0 heterocycles. The molecule has 0 unspecified atom stereocenters. The van der Waals surface area contributed by atoms with Gasteiger partial charge in [-0.2, -0.15) is 0 Å². The van der Waals surface area contributed by atoms with Crippen LogP contribution in [0.1, 0.15) is 11.1 Å². The van der Waals surface area contributed by atoms with Gasteiger partial charge in [-0.25, -0.2) is 4.79 Å². The van der Waals surface area contributed by atoms with Gasteiger partial charge in [-0.15, -0.1) is 12.6 Å². The fourth-order valence-corrected chi connectivity index (χ4v) is 2.51. The Morgan fingerprint density at radius 1 is 1.15 bits per heavy atom. The Kier molecular flexibility index (Phi) is 4.57. The summed E-state index contributed by atoms with van der Waals surface area (Å²) in [6, 6.07) is 10.7. The van der Waals surface area contributed by atoms with Crippen molar-refractivity contribution in [2.45, 2.75) is 18.7 Å². The van der Waals surface area contributed by atoms with Crippen LogP contribution in [0.25, 0.3) is 0 Å². The van der Waals surface area contributed by atoms with E-state index in [0.717, 1.165) is 11.1 Å². The second-order valence-electron chi connectivity index (χ2n) is 4.53. The van der Waals surface area contributed by atoms with E-state index >= 15 is 0 Å². The molecule has 0 saturated heterocycles. The second kappa shape index (κ2) is 6.20. The minimum absolute atomic E-state index is 0.347. The number of para-hydroxylation sites is 1. The largest absolute Gasteiger partial charge is 0.323 e. The predicted molar refractivity (Wildman–Crippen MR) is 87.3 cm³/mol. The zero-order valence-electron chi connectivity index (χ0n) is 11.2. The summed E-state index contributed by atoms with van der Waals surface area (Å²) in [4.78, 5) is 12.7. The van der Waals surface area contributed by atoms with Crippen molar-refractivity contribution < 1.29 is 4.79 Å². The van der Waals surface area contributed by atoms with E-state index in [-0.39, 0.29) is 6.03 Å². The van der Waals surface area contributed by atoms with Crippen LogP contribution in [0, 0.1) is 13.8 Å². The van der Waals surface area contributed by atoms with Gasteiger partial charge in [-0.05, 0) is 43.2 Å². The number of rotatable bonds is 2. The molecule has 3 nitrogen and oxygen atoms in total. The highest BCUT2D eigenvalue weighted by atomic mass is 35.5. The van der Waals surface area contributed by atoms with E-state index in [2.05, 4.69) is 23.3 Å². The Hall–Kier alpha value is -1.65. The van der Waals surface area contributed by atoms with Crippen molar-refractivity contribution in [1.29, 1.82) is 0 Å². The van der Waals surface area contributed by atoms with Crippen LogP contribution in [0.4, 0.5) is 16.2 Å². The maximum atomic E-state index is 12.0. The molecule has 2 rings (SSSR count). The molecule has 0 aliphatic carbocycles. The Morgan fingerprint density at radius 2 is 1.85 bits per heavy atom. The van der Waals surface area contributed by atoms with Gasteiger partial charge in [0, 0.05) is 4.90 Å². The van der Waals surface area contributed by atoms with E-state index in [4.69, 9.17) is 11.6 Å². The maximum absolute atomic E-state index is 12.0. The SMILES string of the molecule is Cc1cc(C)c(NC(=O)Nc2ccccc2S)c(Cl)c1. The number of urea groups is 1. The van der Waals surface area contributed by atoms with Crippen molar-refractivity contribution in [2.24, 2.45) is 0 Å². The minimum atomic E-state index is -0.347. The van der Waals surface area contributed by atoms with Crippen LogP contribution in [-0.2, 0) is 0 Å². The van der Waals surface area contributed by atoms with Crippen LogP contribution in [0.15, 0.2) is 41.3 Å². The summed E-state index contributed by atoms with van der Waals surface area (Å²) in [5.74, 6) is 0. The summed E-state index contributed by atoms with van der Waals surface area (Å²) in [7, 11) is 0. The predicted octanol–water partition coefficient (Wildman–Crippen LogP) is 4.89. The average Bonchev–Trinajstić information content (AvgIpc) is 2.36. The third-order valence-corrected chi connectivity index (χ3v) is 3.51. The number of hydrogen-bond donors (Lipinski definition) is 3. The quantitative estimate of drug-likeness (QED) is 0.679. The number of amides is 2. The zero-order valence-corrected chi connectivity index (χ0v) is 12.8. The lowest BCUT2D eigenvalue weighted by molar-refractivity contribution is 0.262. The molecule has 0 aromatic heterocycles. The summed E-state index contributed by atoms with van der Waals surface area (Å²) in [6.07, 6.45) is 0. The van der Waals surface area contributed by atoms with Crippen LogP contribution < -0.4 is 10.6 Å². The molecule has 5 heteroatoms. The van der Waals surface area contributed by atoms with Gasteiger partial charge >= 0.3 is 6.03 Å². The van der Waals surface area contributed by atoms with Gasteiger partial charge in [0.05, 0.1) is 16.4 Å². The molecule has 0 fully saturated rings. The molecular weight excluding hydrogens is 292 g/mol. The molecule has 2 N–H and O–H groups in total. The normalized spacial score (nSPS) is 10.2.